The van der Waals surface area contributed by atoms with Crippen LogP contribution in [-0.2, 0) is 14.4 Å². The van der Waals surface area contributed by atoms with Crippen LogP contribution in [0, 0.1) is 5.92 Å². The number of carbonyl (C=O) groups is 3. The molecule has 2 aliphatic rings. The lowest BCUT2D eigenvalue weighted by atomic mass is 9.82. The third kappa shape index (κ3) is 3.14. The number of primary amides is 1. The summed E-state index contributed by atoms with van der Waals surface area (Å²) >= 11 is 0. The summed E-state index contributed by atoms with van der Waals surface area (Å²) in [5.74, 6) is -1.39. The van der Waals surface area contributed by atoms with Gasteiger partial charge in [0.05, 0.1) is 5.92 Å². The van der Waals surface area contributed by atoms with E-state index >= 15 is 0 Å². The summed E-state index contributed by atoms with van der Waals surface area (Å²) in [6, 6.07) is 14.8. The lowest BCUT2D eigenvalue weighted by molar-refractivity contribution is -0.130. The molecule has 5 nitrogen and oxygen atoms in total. The predicted molar refractivity (Wildman–Crippen MR) is 102 cm³/mol. The van der Waals surface area contributed by atoms with Crippen LogP contribution < -0.4 is 11.1 Å². The summed E-state index contributed by atoms with van der Waals surface area (Å²) in [5, 5.41) is 2.86. The second kappa shape index (κ2) is 6.99. The first-order chi connectivity index (χ1) is 13.1. The van der Waals surface area contributed by atoms with Gasteiger partial charge in [0.25, 0.3) is 0 Å². The zero-order valence-electron chi connectivity index (χ0n) is 15.0. The molecule has 1 saturated carbocycles. The van der Waals surface area contributed by atoms with E-state index in [9.17, 15) is 14.4 Å². The van der Waals surface area contributed by atoms with E-state index in [4.69, 9.17) is 5.73 Å². The first-order valence-corrected chi connectivity index (χ1v) is 9.36. The molecular weight excluding hydrogens is 340 g/mol. The van der Waals surface area contributed by atoms with E-state index in [0.717, 1.165) is 35.1 Å². The Balaban J connectivity index is 1.64. The van der Waals surface area contributed by atoms with Crippen molar-refractivity contribution in [3.05, 3.63) is 59.7 Å². The molecule has 27 heavy (non-hydrogen) atoms. The topological polar surface area (TPSA) is 89.3 Å². The Morgan fingerprint density at radius 1 is 1.00 bits per heavy atom. The highest BCUT2D eigenvalue weighted by atomic mass is 16.2. The molecule has 0 heterocycles. The Labute approximate surface area is 158 Å². The Morgan fingerprint density at radius 3 is 2.15 bits per heavy atom. The number of amides is 2. The van der Waals surface area contributed by atoms with E-state index < -0.39 is 17.9 Å². The molecule has 2 aromatic rings. The number of rotatable bonds is 4. The maximum absolute atomic E-state index is 13.2. The summed E-state index contributed by atoms with van der Waals surface area (Å²) < 4.78 is 0. The average Bonchev–Trinajstić information content (AvgIpc) is 3.00. The van der Waals surface area contributed by atoms with Crippen molar-refractivity contribution in [2.45, 2.75) is 37.6 Å². The normalized spacial score (nSPS) is 19.9. The SMILES string of the molecule is NC(=O)[C@@H](NC(=O)C1c2ccccc2-c2ccccc21)[C@H]1CCCC(=O)C1. The van der Waals surface area contributed by atoms with Gasteiger partial charge in [0.15, 0.2) is 0 Å². The van der Waals surface area contributed by atoms with Crippen molar-refractivity contribution in [3.8, 4) is 11.1 Å². The highest BCUT2D eigenvalue weighted by molar-refractivity contribution is 5.98. The number of fused-ring (bicyclic) bond motifs is 3. The standard InChI is InChI=1S/C22H22N2O3/c23-21(26)20(13-6-5-7-14(25)12-13)24-22(27)19-17-10-3-1-8-15(17)16-9-2-4-11-18(16)19/h1-4,8-11,13,19-20H,5-7,12H2,(H2,23,26)(H,24,27)/t13-,20-/m0/s1. The minimum Gasteiger partial charge on any atom is -0.368 e. The third-order valence-corrected chi connectivity index (χ3v) is 5.69. The summed E-state index contributed by atoms with van der Waals surface area (Å²) in [4.78, 5) is 37.1. The van der Waals surface area contributed by atoms with Gasteiger partial charge in [-0.25, -0.2) is 0 Å². The second-order valence-electron chi connectivity index (χ2n) is 7.39. The maximum Gasteiger partial charge on any atom is 0.240 e. The molecule has 5 heteroatoms. The molecular formula is C22H22N2O3. The maximum atomic E-state index is 13.2. The van der Waals surface area contributed by atoms with E-state index in [1.165, 1.54) is 0 Å². The number of nitrogens with two attached hydrogens (primary N) is 1. The molecule has 0 bridgehead atoms. The molecule has 2 aliphatic carbocycles. The van der Waals surface area contributed by atoms with E-state index in [0.29, 0.717) is 12.8 Å². The van der Waals surface area contributed by atoms with Crippen LogP contribution in [0.3, 0.4) is 0 Å². The van der Waals surface area contributed by atoms with Crippen LogP contribution in [0.5, 0.6) is 0 Å². The van der Waals surface area contributed by atoms with Gasteiger partial charge in [-0.05, 0) is 41.0 Å². The van der Waals surface area contributed by atoms with Gasteiger partial charge >= 0.3 is 0 Å². The van der Waals surface area contributed by atoms with Gasteiger partial charge in [-0.3, -0.25) is 14.4 Å². The lowest BCUT2D eigenvalue weighted by Crippen LogP contribution is -2.51. The number of benzene rings is 2. The number of carbonyl (C=O) groups excluding carboxylic acids is 3. The zero-order valence-corrected chi connectivity index (χ0v) is 15.0. The highest BCUT2D eigenvalue weighted by Crippen LogP contribution is 2.44. The molecule has 0 spiro atoms. The van der Waals surface area contributed by atoms with Crippen LogP contribution in [0.4, 0.5) is 0 Å². The van der Waals surface area contributed by atoms with Gasteiger partial charge in [0.2, 0.25) is 11.8 Å². The minimum absolute atomic E-state index is 0.128. The van der Waals surface area contributed by atoms with Gasteiger partial charge in [-0.2, -0.15) is 0 Å². The summed E-state index contributed by atoms with van der Waals surface area (Å²) in [7, 11) is 0. The van der Waals surface area contributed by atoms with Crippen molar-refractivity contribution < 1.29 is 14.4 Å². The third-order valence-electron chi connectivity index (χ3n) is 5.69. The van der Waals surface area contributed by atoms with Crippen molar-refractivity contribution in [3.63, 3.8) is 0 Å². The molecule has 4 rings (SSSR count). The van der Waals surface area contributed by atoms with Crippen LogP contribution >= 0.6 is 0 Å². The molecule has 3 N–H and O–H groups in total. The fourth-order valence-electron chi connectivity index (χ4n) is 4.44. The van der Waals surface area contributed by atoms with Gasteiger partial charge < -0.3 is 11.1 Å². The average molecular weight is 362 g/mol. The monoisotopic (exact) mass is 362 g/mol. The summed E-state index contributed by atoms with van der Waals surface area (Å²) in [6.07, 6.45) is 2.29. The molecule has 2 atom stereocenters. The lowest BCUT2D eigenvalue weighted by Gasteiger charge is -2.29. The van der Waals surface area contributed by atoms with Crippen LogP contribution in [0.15, 0.2) is 48.5 Å². The molecule has 0 aromatic heterocycles. The Morgan fingerprint density at radius 2 is 1.59 bits per heavy atom. The van der Waals surface area contributed by atoms with Crippen LogP contribution in [-0.4, -0.2) is 23.6 Å². The molecule has 2 amide bonds. The molecule has 0 radical (unpaired) electrons. The Hall–Kier alpha value is -2.95. The first kappa shape index (κ1) is 17.5. The van der Waals surface area contributed by atoms with Crippen LogP contribution in [0.25, 0.3) is 11.1 Å². The predicted octanol–water partition coefficient (Wildman–Crippen LogP) is 2.53. The Bertz CT molecular complexity index is 876. The molecule has 1 fully saturated rings. The zero-order chi connectivity index (χ0) is 19.0. The van der Waals surface area contributed by atoms with Gasteiger partial charge in [-0.1, -0.05) is 48.5 Å². The van der Waals surface area contributed by atoms with Crippen molar-refractivity contribution in [1.82, 2.24) is 5.32 Å². The van der Waals surface area contributed by atoms with E-state index in [1.54, 1.807) is 0 Å². The highest BCUT2D eigenvalue weighted by Gasteiger charge is 2.37. The van der Waals surface area contributed by atoms with Crippen molar-refractivity contribution in [2.24, 2.45) is 11.7 Å². The fraction of sp³-hybridized carbons (Fsp3) is 0.318. The van der Waals surface area contributed by atoms with Gasteiger partial charge in [0.1, 0.15) is 11.8 Å². The van der Waals surface area contributed by atoms with Crippen LogP contribution in [0.2, 0.25) is 0 Å². The molecule has 0 unspecified atom stereocenters. The summed E-state index contributed by atoms with van der Waals surface area (Å²) in [6.45, 7) is 0. The number of nitrogens with one attached hydrogen (secondary N) is 1. The minimum atomic E-state index is -0.818. The van der Waals surface area contributed by atoms with E-state index in [-0.39, 0.29) is 17.6 Å². The van der Waals surface area contributed by atoms with E-state index in [2.05, 4.69) is 5.32 Å². The van der Waals surface area contributed by atoms with Crippen molar-refractivity contribution in [1.29, 1.82) is 0 Å². The molecule has 138 valence electrons. The summed E-state index contributed by atoms with van der Waals surface area (Å²) in [5.41, 5.74) is 9.52. The number of hydrogen-bond acceptors (Lipinski definition) is 3. The van der Waals surface area contributed by atoms with Crippen molar-refractivity contribution >= 4 is 17.6 Å². The number of ketones is 1. The van der Waals surface area contributed by atoms with E-state index in [1.807, 2.05) is 48.5 Å². The Kier molecular flexibility index (Phi) is 4.52. The fourth-order valence-corrected chi connectivity index (χ4v) is 4.44. The van der Waals surface area contributed by atoms with Gasteiger partial charge in [-0.15, -0.1) is 0 Å². The van der Waals surface area contributed by atoms with Gasteiger partial charge in [0, 0.05) is 12.8 Å². The number of hydrogen-bond donors (Lipinski definition) is 2. The smallest absolute Gasteiger partial charge is 0.240 e. The quantitative estimate of drug-likeness (QED) is 0.876. The first-order valence-electron chi connectivity index (χ1n) is 9.36. The second-order valence-corrected chi connectivity index (χ2v) is 7.39. The van der Waals surface area contributed by atoms with Crippen molar-refractivity contribution in [2.75, 3.05) is 0 Å². The van der Waals surface area contributed by atoms with Crippen LogP contribution in [0.1, 0.15) is 42.7 Å². The largest absolute Gasteiger partial charge is 0.368 e. The molecule has 2 aromatic carbocycles. The molecule has 0 aliphatic heterocycles. The molecule has 0 saturated heterocycles. The number of Topliss-reactive ketones (excluding diaryl/α,β-unsaturated/α-hetero) is 1.